The Morgan fingerprint density at radius 2 is 1.91 bits per heavy atom. The fraction of sp³-hybridized carbons (Fsp3) is 0.294. The third-order valence-corrected chi connectivity index (χ3v) is 5.39. The van der Waals surface area contributed by atoms with E-state index in [1.54, 1.807) is 6.92 Å². The Labute approximate surface area is 141 Å². The highest BCUT2D eigenvalue weighted by Crippen LogP contribution is 2.23. The normalized spacial score (nSPS) is 13.1. The van der Waals surface area contributed by atoms with Crippen LogP contribution in [0.2, 0.25) is 5.02 Å². The summed E-state index contributed by atoms with van der Waals surface area (Å²) < 4.78 is 41.1. The second kappa shape index (κ2) is 6.99. The van der Waals surface area contributed by atoms with Crippen LogP contribution in [0.5, 0.6) is 0 Å². The van der Waals surface area contributed by atoms with Crippen LogP contribution in [0, 0.1) is 19.7 Å². The standard InChI is InChI=1S/C17H19ClFNO2S/c1-11-7-8-12(2)14(9-11)13(3)20-23(21,22)10-15-16(18)5-4-6-17(15)19/h4-9,13,20H,10H2,1-3H3/t13-/m1/s1. The van der Waals surface area contributed by atoms with Crippen molar-refractivity contribution in [3.05, 3.63) is 69.5 Å². The first kappa shape index (κ1) is 17.9. The van der Waals surface area contributed by atoms with Gasteiger partial charge in [0.25, 0.3) is 0 Å². The molecule has 0 aliphatic rings. The van der Waals surface area contributed by atoms with Crippen molar-refractivity contribution < 1.29 is 12.8 Å². The van der Waals surface area contributed by atoms with Gasteiger partial charge in [0.05, 0.1) is 5.75 Å². The van der Waals surface area contributed by atoms with E-state index >= 15 is 0 Å². The van der Waals surface area contributed by atoms with Crippen molar-refractivity contribution in [2.75, 3.05) is 0 Å². The Kier molecular flexibility index (Phi) is 5.45. The van der Waals surface area contributed by atoms with Gasteiger partial charge in [0.15, 0.2) is 0 Å². The number of nitrogens with one attached hydrogen (secondary N) is 1. The minimum atomic E-state index is -3.73. The predicted octanol–water partition coefficient (Wildman–Crippen LogP) is 4.28. The second-order valence-corrected chi connectivity index (χ2v) is 7.82. The SMILES string of the molecule is Cc1ccc(C)c([C@@H](C)NS(=O)(=O)Cc2c(F)cccc2Cl)c1. The lowest BCUT2D eigenvalue weighted by atomic mass is 10.0. The first-order chi connectivity index (χ1) is 10.7. The van der Waals surface area contributed by atoms with E-state index in [4.69, 9.17) is 11.6 Å². The van der Waals surface area contributed by atoms with Gasteiger partial charge in [-0.15, -0.1) is 0 Å². The molecule has 0 aromatic heterocycles. The first-order valence-corrected chi connectivity index (χ1v) is 9.22. The average Bonchev–Trinajstić information content (AvgIpc) is 2.45. The lowest BCUT2D eigenvalue weighted by Gasteiger charge is -2.18. The lowest BCUT2D eigenvalue weighted by Crippen LogP contribution is -2.29. The topological polar surface area (TPSA) is 46.2 Å². The molecule has 0 amide bonds. The molecule has 0 fully saturated rings. The molecule has 0 saturated heterocycles. The van der Waals surface area contributed by atoms with Crippen LogP contribution in [-0.2, 0) is 15.8 Å². The zero-order chi connectivity index (χ0) is 17.2. The van der Waals surface area contributed by atoms with Crippen molar-refractivity contribution in [3.8, 4) is 0 Å². The monoisotopic (exact) mass is 355 g/mol. The van der Waals surface area contributed by atoms with Crippen LogP contribution in [-0.4, -0.2) is 8.42 Å². The molecule has 0 unspecified atom stereocenters. The van der Waals surface area contributed by atoms with Gasteiger partial charge in [-0.3, -0.25) is 0 Å². The van der Waals surface area contributed by atoms with Crippen LogP contribution < -0.4 is 4.72 Å². The van der Waals surface area contributed by atoms with E-state index in [1.165, 1.54) is 18.2 Å². The molecule has 0 saturated carbocycles. The van der Waals surface area contributed by atoms with Gasteiger partial charge in [0, 0.05) is 16.6 Å². The Morgan fingerprint density at radius 3 is 2.57 bits per heavy atom. The highest BCUT2D eigenvalue weighted by atomic mass is 35.5. The number of hydrogen-bond donors (Lipinski definition) is 1. The minimum Gasteiger partial charge on any atom is -0.212 e. The zero-order valence-electron chi connectivity index (χ0n) is 13.2. The first-order valence-electron chi connectivity index (χ1n) is 7.19. The molecule has 0 heterocycles. The molecule has 2 rings (SSSR count). The van der Waals surface area contributed by atoms with Crippen LogP contribution in [0.1, 0.15) is 35.2 Å². The number of halogens is 2. The number of rotatable bonds is 5. The van der Waals surface area contributed by atoms with Crippen molar-refractivity contribution in [2.24, 2.45) is 0 Å². The summed E-state index contributed by atoms with van der Waals surface area (Å²) in [7, 11) is -3.73. The fourth-order valence-electron chi connectivity index (χ4n) is 2.46. The maximum atomic E-state index is 13.8. The number of sulfonamides is 1. The van der Waals surface area contributed by atoms with Crippen molar-refractivity contribution in [2.45, 2.75) is 32.6 Å². The summed E-state index contributed by atoms with van der Waals surface area (Å²) in [5, 5.41) is 0.106. The summed E-state index contributed by atoms with van der Waals surface area (Å²) in [5.41, 5.74) is 2.92. The van der Waals surface area contributed by atoms with Gasteiger partial charge in [-0.25, -0.2) is 17.5 Å². The van der Waals surface area contributed by atoms with Gasteiger partial charge in [0.2, 0.25) is 10.0 Å². The van der Waals surface area contributed by atoms with E-state index in [9.17, 15) is 12.8 Å². The van der Waals surface area contributed by atoms with Crippen molar-refractivity contribution >= 4 is 21.6 Å². The number of benzene rings is 2. The number of aryl methyl sites for hydroxylation is 2. The lowest BCUT2D eigenvalue weighted by molar-refractivity contribution is 0.561. The molecule has 0 bridgehead atoms. The molecule has 1 atom stereocenters. The maximum absolute atomic E-state index is 13.8. The van der Waals surface area contributed by atoms with Crippen LogP contribution in [0.25, 0.3) is 0 Å². The molecule has 0 radical (unpaired) electrons. The number of hydrogen-bond acceptors (Lipinski definition) is 2. The molecule has 2 aromatic carbocycles. The van der Waals surface area contributed by atoms with E-state index in [0.29, 0.717) is 0 Å². The molecule has 23 heavy (non-hydrogen) atoms. The third kappa shape index (κ3) is 4.53. The second-order valence-electron chi connectivity index (χ2n) is 5.66. The summed E-state index contributed by atoms with van der Waals surface area (Å²) in [6.07, 6.45) is 0. The molecule has 0 spiro atoms. The van der Waals surface area contributed by atoms with E-state index in [1.807, 2.05) is 32.0 Å². The minimum absolute atomic E-state index is 0.0187. The van der Waals surface area contributed by atoms with Gasteiger partial charge < -0.3 is 0 Å². The predicted molar refractivity (Wildman–Crippen MR) is 91.5 cm³/mol. The third-order valence-electron chi connectivity index (χ3n) is 3.65. The maximum Gasteiger partial charge on any atom is 0.216 e. The smallest absolute Gasteiger partial charge is 0.212 e. The molecule has 124 valence electrons. The summed E-state index contributed by atoms with van der Waals surface area (Å²) in [5.74, 6) is -1.12. The Balaban J connectivity index is 2.23. The van der Waals surface area contributed by atoms with E-state index in [-0.39, 0.29) is 10.6 Å². The van der Waals surface area contributed by atoms with Crippen LogP contribution >= 0.6 is 11.6 Å². The Bertz CT molecular complexity index is 801. The largest absolute Gasteiger partial charge is 0.216 e. The van der Waals surface area contributed by atoms with Crippen molar-refractivity contribution in [1.29, 1.82) is 0 Å². The van der Waals surface area contributed by atoms with Crippen LogP contribution in [0.4, 0.5) is 4.39 Å². The molecule has 0 aliphatic heterocycles. The fourth-order valence-corrected chi connectivity index (χ4v) is 4.19. The zero-order valence-corrected chi connectivity index (χ0v) is 14.8. The Morgan fingerprint density at radius 1 is 1.22 bits per heavy atom. The molecular weight excluding hydrogens is 337 g/mol. The van der Waals surface area contributed by atoms with Gasteiger partial charge in [0.1, 0.15) is 5.82 Å². The quantitative estimate of drug-likeness (QED) is 0.870. The van der Waals surface area contributed by atoms with E-state index in [0.717, 1.165) is 16.7 Å². The van der Waals surface area contributed by atoms with Gasteiger partial charge in [-0.1, -0.05) is 41.4 Å². The summed E-state index contributed by atoms with van der Waals surface area (Å²) in [6.45, 7) is 5.64. The molecule has 6 heteroatoms. The van der Waals surface area contributed by atoms with Crippen molar-refractivity contribution in [3.63, 3.8) is 0 Å². The summed E-state index contributed by atoms with van der Waals surface area (Å²) in [4.78, 5) is 0. The van der Waals surface area contributed by atoms with Gasteiger partial charge in [-0.05, 0) is 44.0 Å². The molecule has 1 N–H and O–H groups in total. The average molecular weight is 356 g/mol. The highest BCUT2D eigenvalue weighted by molar-refractivity contribution is 7.88. The molecular formula is C17H19ClFNO2S. The Hall–Kier alpha value is -1.43. The van der Waals surface area contributed by atoms with Crippen LogP contribution in [0.15, 0.2) is 36.4 Å². The summed E-state index contributed by atoms with van der Waals surface area (Å²) >= 11 is 5.90. The van der Waals surface area contributed by atoms with E-state index in [2.05, 4.69) is 4.72 Å². The molecule has 0 aliphatic carbocycles. The molecule has 3 nitrogen and oxygen atoms in total. The van der Waals surface area contributed by atoms with Crippen molar-refractivity contribution in [1.82, 2.24) is 4.72 Å². The van der Waals surface area contributed by atoms with Gasteiger partial charge >= 0.3 is 0 Å². The van der Waals surface area contributed by atoms with Gasteiger partial charge in [-0.2, -0.15) is 0 Å². The van der Waals surface area contributed by atoms with E-state index < -0.39 is 27.6 Å². The van der Waals surface area contributed by atoms with Crippen LogP contribution in [0.3, 0.4) is 0 Å². The summed E-state index contributed by atoms with van der Waals surface area (Å²) in [6, 6.07) is 9.57. The molecule has 2 aromatic rings. The highest BCUT2D eigenvalue weighted by Gasteiger charge is 2.21.